The summed E-state index contributed by atoms with van der Waals surface area (Å²) < 4.78 is 16.8. The third-order valence-electron chi connectivity index (χ3n) is 3.70. The van der Waals surface area contributed by atoms with Gasteiger partial charge in [-0.05, 0) is 64.6 Å². The lowest BCUT2D eigenvalue weighted by Gasteiger charge is -2.09. The predicted octanol–water partition coefficient (Wildman–Crippen LogP) is 3.96. The number of nitrogens with zero attached hydrogens (tertiary/aromatic N) is 1. The highest BCUT2D eigenvalue weighted by atomic mass is 127. The van der Waals surface area contributed by atoms with Crippen LogP contribution in [-0.2, 0) is 14.3 Å². The van der Waals surface area contributed by atoms with Crippen molar-refractivity contribution in [3.8, 4) is 11.5 Å². The highest BCUT2D eigenvalue weighted by Crippen LogP contribution is 2.30. The van der Waals surface area contributed by atoms with E-state index in [1.165, 1.54) is 7.11 Å². The first-order chi connectivity index (χ1) is 13.0. The molecule has 1 heterocycles. The second-order valence-corrected chi connectivity index (χ2v) is 6.83. The minimum Gasteiger partial charge on any atom is -0.493 e. The van der Waals surface area contributed by atoms with Gasteiger partial charge in [0.05, 0.1) is 7.11 Å². The lowest BCUT2D eigenvalue weighted by molar-refractivity contribution is -0.134. The van der Waals surface area contributed by atoms with Gasteiger partial charge in [0, 0.05) is 15.6 Å². The molecule has 2 aromatic rings. The first-order valence-electron chi connectivity index (χ1n) is 8.17. The van der Waals surface area contributed by atoms with E-state index in [4.69, 9.17) is 14.2 Å². The molecule has 6 nitrogen and oxygen atoms in total. The van der Waals surface area contributed by atoms with Crippen molar-refractivity contribution in [1.82, 2.24) is 0 Å². The van der Waals surface area contributed by atoms with E-state index in [1.807, 2.05) is 24.3 Å². The largest absolute Gasteiger partial charge is 0.493 e. The Balaban J connectivity index is 1.92. The van der Waals surface area contributed by atoms with E-state index in [-0.39, 0.29) is 29.7 Å². The minimum atomic E-state index is -0.535. The molecule has 0 unspecified atom stereocenters. The van der Waals surface area contributed by atoms with Gasteiger partial charge in [-0.3, -0.25) is 4.79 Å². The second kappa shape index (κ2) is 8.34. The van der Waals surface area contributed by atoms with Gasteiger partial charge in [-0.2, -0.15) is 0 Å². The van der Waals surface area contributed by atoms with Crippen LogP contribution in [0, 0.1) is 3.57 Å². The van der Waals surface area contributed by atoms with Crippen molar-refractivity contribution in [2.24, 2.45) is 4.99 Å². The van der Waals surface area contributed by atoms with Crippen molar-refractivity contribution in [3.63, 3.8) is 0 Å². The smallest absolute Gasteiger partial charge is 0.363 e. The number of carbonyl (C=O) groups is 2. The van der Waals surface area contributed by atoms with Gasteiger partial charge in [-0.15, -0.1) is 0 Å². The molecule has 0 spiro atoms. The zero-order chi connectivity index (χ0) is 19.4. The zero-order valence-electron chi connectivity index (χ0n) is 14.7. The Bertz CT molecular complexity index is 965. The van der Waals surface area contributed by atoms with Crippen LogP contribution in [0.25, 0.3) is 6.08 Å². The topological polar surface area (TPSA) is 74.2 Å². The summed E-state index contributed by atoms with van der Waals surface area (Å²) in [7, 11) is 1.49. The average Bonchev–Trinajstić information content (AvgIpc) is 3.02. The Morgan fingerprint density at radius 3 is 2.74 bits per heavy atom. The SMILES string of the molecule is CCC(=O)Oc1cc(/C=C2/N=C(c3cccc(I)c3)OC2=O)ccc1OC. The Morgan fingerprint density at radius 2 is 2.04 bits per heavy atom. The summed E-state index contributed by atoms with van der Waals surface area (Å²) in [6, 6.07) is 12.5. The number of benzene rings is 2. The number of aliphatic imine (C=N–C) groups is 1. The Labute approximate surface area is 170 Å². The molecular weight excluding hydrogens is 461 g/mol. The molecule has 2 aromatic carbocycles. The molecule has 0 radical (unpaired) electrons. The van der Waals surface area contributed by atoms with Crippen LogP contribution in [0.2, 0.25) is 0 Å². The molecule has 138 valence electrons. The lowest BCUT2D eigenvalue weighted by Crippen LogP contribution is -2.07. The standard InChI is InChI=1S/C20H16INO5/c1-3-18(23)26-17-10-12(7-8-16(17)25-2)9-15-20(24)27-19(22-15)13-5-4-6-14(21)11-13/h4-11H,3H2,1-2H3/b15-9+. The highest BCUT2D eigenvalue weighted by molar-refractivity contribution is 14.1. The molecule has 7 heteroatoms. The van der Waals surface area contributed by atoms with Gasteiger partial charge in [0.25, 0.3) is 0 Å². The van der Waals surface area contributed by atoms with E-state index in [0.29, 0.717) is 11.3 Å². The molecule has 0 atom stereocenters. The third kappa shape index (κ3) is 4.54. The van der Waals surface area contributed by atoms with E-state index in [1.54, 1.807) is 31.2 Å². The first kappa shape index (κ1) is 19.1. The number of carbonyl (C=O) groups excluding carboxylic acids is 2. The molecule has 1 aliphatic heterocycles. The Morgan fingerprint density at radius 1 is 1.22 bits per heavy atom. The maximum atomic E-state index is 12.2. The summed E-state index contributed by atoms with van der Waals surface area (Å²) in [6.45, 7) is 1.70. The van der Waals surface area contributed by atoms with E-state index >= 15 is 0 Å². The fourth-order valence-corrected chi connectivity index (χ4v) is 2.91. The zero-order valence-corrected chi connectivity index (χ0v) is 16.8. The number of ether oxygens (including phenoxy) is 3. The number of methoxy groups -OCH3 is 1. The number of hydrogen-bond acceptors (Lipinski definition) is 6. The fraction of sp³-hybridized carbons (Fsp3) is 0.150. The van der Waals surface area contributed by atoms with Gasteiger partial charge in [0.15, 0.2) is 17.2 Å². The average molecular weight is 477 g/mol. The van der Waals surface area contributed by atoms with E-state index in [0.717, 1.165) is 9.13 Å². The van der Waals surface area contributed by atoms with Gasteiger partial charge in [0.2, 0.25) is 5.90 Å². The molecule has 3 rings (SSSR count). The summed E-state index contributed by atoms with van der Waals surface area (Å²) in [4.78, 5) is 28.0. The van der Waals surface area contributed by atoms with Crippen molar-refractivity contribution >= 4 is 46.5 Å². The van der Waals surface area contributed by atoms with Gasteiger partial charge >= 0.3 is 11.9 Å². The van der Waals surface area contributed by atoms with Crippen molar-refractivity contribution in [2.45, 2.75) is 13.3 Å². The summed E-state index contributed by atoms with van der Waals surface area (Å²) in [6.07, 6.45) is 1.82. The monoisotopic (exact) mass is 477 g/mol. The molecule has 0 saturated carbocycles. The number of halogens is 1. The van der Waals surface area contributed by atoms with Crippen LogP contribution in [0.3, 0.4) is 0 Å². The Kier molecular flexibility index (Phi) is 5.90. The molecule has 1 aliphatic rings. The first-order valence-corrected chi connectivity index (χ1v) is 9.25. The van der Waals surface area contributed by atoms with E-state index in [9.17, 15) is 9.59 Å². The molecule has 27 heavy (non-hydrogen) atoms. The molecule has 0 N–H and O–H groups in total. The maximum Gasteiger partial charge on any atom is 0.363 e. The van der Waals surface area contributed by atoms with Crippen LogP contribution in [0.5, 0.6) is 11.5 Å². The summed E-state index contributed by atoms with van der Waals surface area (Å²) in [5.41, 5.74) is 1.53. The summed E-state index contributed by atoms with van der Waals surface area (Å²) in [5, 5.41) is 0. The quantitative estimate of drug-likeness (QED) is 0.282. The fourth-order valence-electron chi connectivity index (χ4n) is 2.37. The minimum absolute atomic E-state index is 0.168. The summed E-state index contributed by atoms with van der Waals surface area (Å²) >= 11 is 2.18. The van der Waals surface area contributed by atoms with Gasteiger partial charge in [-0.1, -0.05) is 19.1 Å². The van der Waals surface area contributed by atoms with Gasteiger partial charge < -0.3 is 14.2 Å². The van der Waals surface area contributed by atoms with Gasteiger partial charge in [-0.25, -0.2) is 9.79 Å². The lowest BCUT2D eigenvalue weighted by atomic mass is 10.1. The predicted molar refractivity (Wildman–Crippen MR) is 109 cm³/mol. The Hall–Kier alpha value is -2.68. The van der Waals surface area contributed by atoms with E-state index < -0.39 is 5.97 Å². The van der Waals surface area contributed by atoms with Crippen LogP contribution in [0.15, 0.2) is 53.2 Å². The third-order valence-corrected chi connectivity index (χ3v) is 4.37. The maximum absolute atomic E-state index is 12.2. The van der Waals surface area contributed by atoms with Crippen LogP contribution >= 0.6 is 22.6 Å². The van der Waals surface area contributed by atoms with Crippen LogP contribution in [0.4, 0.5) is 0 Å². The molecule has 0 saturated heterocycles. The molecule has 0 aliphatic carbocycles. The van der Waals surface area contributed by atoms with Crippen LogP contribution in [0.1, 0.15) is 24.5 Å². The van der Waals surface area contributed by atoms with Crippen LogP contribution < -0.4 is 9.47 Å². The number of hydrogen-bond donors (Lipinski definition) is 0. The van der Waals surface area contributed by atoms with Crippen molar-refractivity contribution in [2.75, 3.05) is 7.11 Å². The van der Waals surface area contributed by atoms with Crippen molar-refractivity contribution in [1.29, 1.82) is 0 Å². The number of cyclic esters (lactones) is 1. The van der Waals surface area contributed by atoms with E-state index in [2.05, 4.69) is 27.6 Å². The van der Waals surface area contributed by atoms with Crippen molar-refractivity contribution < 1.29 is 23.8 Å². The molecular formula is C20H16INO5. The summed E-state index contributed by atoms with van der Waals surface area (Å²) in [5.74, 6) is 0.0583. The van der Waals surface area contributed by atoms with Crippen molar-refractivity contribution in [3.05, 3.63) is 62.9 Å². The number of rotatable bonds is 5. The van der Waals surface area contributed by atoms with Gasteiger partial charge in [0.1, 0.15) is 0 Å². The molecule has 0 fully saturated rings. The molecule has 0 amide bonds. The molecule has 0 aromatic heterocycles. The van der Waals surface area contributed by atoms with Crippen LogP contribution in [-0.4, -0.2) is 24.9 Å². The molecule has 0 bridgehead atoms. The second-order valence-electron chi connectivity index (χ2n) is 5.58. The highest BCUT2D eigenvalue weighted by Gasteiger charge is 2.24. The number of esters is 2. The normalized spacial score (nSPS) is 14.7.